The first-order valence-corrected chi connectivity index (χ1v) is 5.82. The minimum Gasteiger partial charge on any atom is -0.481 e. The predicted molar refractivity (Wildman–Crippen MR) is 60.4 cm³/mol. The maximum absolute atomic E-state index is 11.3. The highest BCUT2D eigenvalue weighted by Gasteiger charge is 2.59. The normalized spacial score (nSPS) is 33.6. The molecule has 0 aromatic carbocycles. The number of hydrogen-bond acceptors (Lipinski definition) is 3. The Morgan fingerprint density at radius 3 is 2.82 bits per heavy atom. The van der Waals surface area contributed by atoms with Gasteiger partial charge in [-0.05, 0) is 25.2 Å². The Hall–Kier alpha value is -1.52. The number of carboxylic acids is 1. The number of nitrogens with one attached hydrogen (secondary N) is 1. The molecule has 0 spiro atoms. The summed E-state index contributed by atoms with van der Waals surface area (Å²) in [6, 6.07) is 0. The second-order valence-electron chi connectivity index (χ2n) is 5.00. The molecule has 0 aromatic rings. The predicted octanol–water partition coefficient (Wildman–Crippen LogP) is 1.40. The Kier molecular flexibility index (Phi) is 3.09. The second-order valence-corrected chi connectivity index (χ2v) is 5.00. The lowest BCUT2D eigenvalue weighted by Gasteiger charge is -2.40. The fourth-order valence-corrected chi connectivity index (χ4v) is 3.19. The summed E-state index contributed by atoms with van der Waals surface area (Å²) >= 11 is 0. The van der Waals surface area contributed by atoms with Gasteiger partial charge in [0.2, 0.25) is 0 Å². The highest BCUT2D eigenvalue weighted by molar-refractivity contribution is 5.73. The van der Waals surface area contributed by atoms with E-state index in [2.05, 4.69) is 11.9 Å². The van der Waals surface area contributed by atoms with Crippen LogP contribution in [0.3, 0.4) is 0 Å². The Morgan fingerprint density at radius 1 is 1.53 bits per heavy atom. The number of carbonyl (C=O) groups is 2. The summed E-state index contributed by atoms with van der Waals surface area (Å²) in [5.41, 5.74) is -0.232. The van der Waals surface area contributed by atoms with Gasteiger partial charge in [-0.15, -0.1) is 0 Å². The first kappa shape index (κ1) is 12.0. The van der Waals surface area contributed by atoms with Crippen LogP contribution in [-0.4, -0.2) is 30.3 Å². The van der Waals surface area contributed by atoms with Crippen LogP contribution >= 0.6 is 0 Å². The van der Waals surface area contributed by atoms with Crippen LogP contribution in [0.15, 0.2) is 12.7 Å². The summed E-state index contributed by atoms with van der Waals surface area (Å²) in [5, 5.41) is 11.8. The summed E-state index contributed by atoms with van der Waals surface area (Å²) < 4.78 is 4.79. The number of hydrogen-bond donors (Lipinski definition) is 2. The van der Waals surface area contributed by atoms with Crippen molar-refractivity contribution in [1.82, 2.24) is 5.32 Å². The lowest BCUT2D eigenvalue weighted by atomic mass is 9.66. The van der Waals surface area contributed by atoms with Gasteiger partial charge in [0.05, 0.1) is 5.92 Å². The standard InChI is InChI=1S/C12H17NO4/c1-2-3-17-11(16)13-7-12-5-8(6-12)4-9(12)10(14)15/h2,8-9H,1,3-7H2,(H,13,16)(H,14,15). The number of fused-ring (bicyclic) bond motifs is 1. The molecule has 5 heteroatoms. The number of ether oxygens (including phenoxy) is 1. The third kappa shape index (κ3) is 2.14. The molecule has 17 heavy (non-hydrogen) atoms. The van der Waals surface area contributed by atoms with Crippen LogP contribution < -0.4 is 5.32 Å². The molecular weight excluding hydrogens is 222 g/mol. The van der Waals surface area contributed by atoms with Gasteiger partial charge in [-0.3, -0.25) is 4.79 Å². The number of carbonyl (C=O) groups excluding carboxylic acids is 1. The highest BCUT2D eigenvalue weighted by Crippen LogP contribution is 2.61. The van der Waals surface area contributed by atoms with Crippen molar-refractivity contribution in [3.8, 4) is 0 Å². The van der Waals surface area contributed by atoms with Crippen LogP contribution in [0.1, 0.15) is 19.3 Å². The number of aliphatic carboxylic acids is 1. The molecule has 3 aliphatic carbocycles. The van der Waals surface area contributed by atoms with Crippen LogP contribution in [0.4, 0.5) is 4.79 Å². The number of alkyl carbamates (subject to hydrolysis) is 1. The molecule has 0 aliphatic heterocycles. The largest absolute Gasteiger partial charge is 0.481 e. The first-order valence-electron chi connectivity index (χ1n) is 5.82. The topological polar surface area (TPSA) is 75.6 Å². The van der Waals surface area contributed by atoms with Gasteiger partial charge in [0.1, 0.15) is 6.61 Å². The van der Waals surface area contributed by atoms with Crippen LogP contribution in [0, 0.1) is 17.3 Å². The van der Waals surface area contributed by atoms with E-state index in [1.54, 1.807) is 0 Å². The molecule has 3 rings (SSSR count). The molecule has 0 heterocycles. The van der Waals surface area contributed by atoms with E-state index < -0.39 is 12.1 Å². The van der Waals surface area contributed by atoms with Gasteiger partial charge in [0, 0.05) is 12.0 Å². The van der Waals surface area contributed by atoms with Crippen molar-refractivity contribution in [2.45, 2.75) is 19.3 Å². The number of rotatable bonds is 5. The molecular formula is C12H17NO4. The average Bonchev–Trinajstić information content (AvgIpc) is 2.77. The van der Waals surface area contributed by atoms with E-state index in [0.29, 0.717) is 12.5 Å². The van der Waals surface area contributed by atoms with E-state index in [1.165, 1.54) is 6.08 Å². The van der Waals surface area contributed by atoms with E-state index >= 15 is 0 Å². The smallest absolute Gasteiger partial charge is 0.407 e. The Morgan fingerprint density at radius 2 is 2.24 bits per heavy atom. The summed E-state index contributed by atoms with van der Waals surface area (Å²) in [7, 11) is 0. The molecule has 3 aliphatic rings. The van der Waals surface area contributed by atoms with E-state index in [-0.39, 0.29) is 17.9 Å². The number of amides is 1. The Bertz CT molecular complexity index is 346. The zero-order valence-electron chi connectivity index (χ0n) is 9.65. The fourth-order valence-electron chi connectivity index (χ4n) is 3.19. The SMILES string of the molecule is C=CCOC(=O)NCC12CC(CC1C(=O)O)C2. The molecule has 5 nitrogen and oxygen atoms in total. The Labute approximate surface area is 99.8 Å². The molecule has 2 bridgehead atoms. The van der Waals surface area contributed by atoms with E-state index in [1.807, 2.05) is 0 Å². The molecule has 3 saturated carbocycles. The third-order valence-corrected chi connectivity index (χ3v) is 3.91. The van der Waals surface area contributed by atoms with E-state index in [9.17, 15) is 9.59 Å². The quantitative estimate of drug-likeness (QED) is 0.711. The minimum atomic E-state index is -0.744. The van der Waals surface area contributed by atoms with Gasteiger partial charge in [-0.2, -0.15) is 0 Å². The van der Waals surface area contributed by atoms with Crippen LogP contribution in [0.5, 0.6) is 0 Å². The summed E-state index contributed by atoms with van der Waals surface area (Å²) in [6.45, 7) is 4.01. The second kappa shape index (κ2) is 4.39. The molecule has 3 fully saturated rings. The summed E-state index contributed by atoms with van der Waals surface area (Å²) in [5.74, 6) is -0.527. The van der Waals surface area contributed by atoms with Gasteiger partial charge in [-0.25, -0.2) is 4.79 Å². The maximum atomic E-state index is 11.3. The molecule has 94 valence electrons. The lowest BCUT2D eigenvalue weighted by molar-refractivity contribution is -0.145. The fraction of sp³-hybridized carbons (Fsp3) is 0.667. The van der Waals surface area contributed by atoms with Crippen LogP contribution in [0.25, 0.3) is 0 Å². The Balaban J connectivity index is 1.84. The molecule has 0 radical (unpaired) electrons. The molecule has 2 N–H and O–H groups in total. The zero-order chi connectivity index (χ0) is 12.5. The van der Waals surface area contributed by atoms with Gasteiger partial charge < -0.3 is 15.2 Å². The van der Waals surface area contributed by atoms with Gasteiger partial charge >= 0.3 is 12.1 Å². The zero-order valence-corrected chi connectivity index (χ0v) is 9.65. The third-order valence-electron chi connectivity index (χ3n) is 3.91. The van der Waals surface area contributed by atoms with E-state index in [0.717, 1.165) is 19.3 Å². The van der Waals surface area contributed by atoms with Gasteiger partial charge in [-0.1, -0.05) is 12.7 Å². The van der Waals surface area contributed by atoms with Crippen molar-refractivity contribution < 1.29 is 19.4 Å². The minimum absolute atomic E-state index is 0.170. The molecule has 1 amide bonds. The molecule has 1 unspecified atom stereocenters. The van der Waals surface area contributed by atoms with Crippen LogP contribution in [-0.2, 0) is 9.53 Å². The lowest BCUT2D eigenvalue weighted by Crippen LogP contribution is -2.45. The average molecular weight is 239 g/mol. The van der Waals surface area contributed by atoms with Crippen molar-refractivity contribution in [2.24, 2.45) is 17.3 Å². The van der Waals surface area contributed by atoms with Crippen molar-refractivity contribution >= 4 is 12.1 Å². The monoisotopic (exact) mass is 239 g/mol. The van der Waals surface area contributed by atoms with Crippen molar-refractivity contribution in [2.75, 3.05) is 13.2 Å². The van der Waals surface area contributed by atoms with Crippen molar-refractivity contribution in [1.29, 1.82) is 0 Å². The highest BCUT2D eigenvalue weighted by atomic mass is 16.5. The van der Waals surface area contributed by atoms with Gasteiger partial charge in [0.25, 0.3) is 0 Å². The van der Waals surface area contributed by atoms with E-state index in [4.69, 9.17) is 9.84 Å². The maximum Gasteiger partial charge on any atom is 0.407 e. The molecule has 0 saturated heterocycles. The summed E-state index contributed by atoms with van der Waals surface area (Å²) in [4.78, 5) is 22.4. The molecule has 1 atom stereocenters. The molecule has 0 aromatic heterocycles. The van der Waals surface area contributed by atoms with Crippen LogP contribution in [0.2, 0.25) is 0 Å². The summed E-state index contributed by atoms with van der Waals surface area (Å²) in [6.07, 6.45) is 3.56. The first-order chi connectivity index (χ1) is 8.07. The van der Waals surface area contributed by atoms with Crippen molar-refractivity contribution in [3.63, 3.8) is 0 Å². The number of carboxylic acid groups (broad SMARTS) is 1. The van der Waals surface area contributed by atoms with Gasteiger partial charge in [0.15, 0.2) is 0 Å². The van der Waals surface area contributed by atoms with Crippen molar-refractivity contribution in [3.05, 3.63) is 12.7 Å².